The van der Waals surface area contributed by atoms with Gasteiger partial charge >= 0.3 is 0 Å². The molecule has 0 aromatic heterocycles. The summed E-state index contributed by atoms with van der Waals surface area (Å²) < 4.78 is 0. The molecule has 1 aromatic rings. The number of rotatable bonds is 2. The molecule has 0 amide bonds. The van der Waals surface area contributed by atoms with E-state index >= 15 is 0 Å². The molecule has 0 atom stereocenters. The van der Waals surface area contributed by atoms with E-state index in [1.807, 2.05) is 0 Å². The summed E-state index contributed by atoms with van der Waals surface area (Å²) in [6, 6.07) is 10.9. The number of hydrogen-bond acceptors (Lipinski definition) is 3. The molecule has 1 aromatic carbocycles. The first-order valence-electron chi connectivity index (χ1n) is 9.39. The van der Waals surface area contributed by atoms with Crippen LogP contribution in [0.4, 0.5) is 5.69 Å². The second-order valence-electron chi connectivity index (χ2n) is 7.24. The van der Waals surface area contributed by atoms with Gasteiger partial charge in [0.25, 0.3) is 0 Å². The lowest BCUT2D eigenvalue weighted by Crippen LogP contribution is -2.41. The lowest BCUT2D eigenvalue weighted by Gasteiger charge is -2.43. The Labute approximate surface area is 150 Å². The zero-order chi connectivity index (χ0) is 17.4. The van der Waals surface area contributed by atoms with Gasteiger partial charge in [0.15, 0.2) is 0 Å². The molecule has 2 heterocycles. The summed E-state index contributed by atoms with van der Waals surface area (Å²) in [5, 5.41) is 9.81. The van der Waals surface area contributed by atoms with Crippen molar-refractivity contribution in [3.05, 3.63) is 64.6 Å². The topological polar surface area (TPSA) is 30.3 Å². The highest BCUT2D eigenvalue weighted by atomic mass is 15.3. The summed E-state index contributed by atoms with van der Waals surface area (Å²) in [4.78, 5) is 4.80. The third-order valence-electron chi connectivity index (χ3n) is 5.68. The van der Waals surface area contributed by atoms with Crippen LogP contribution in [0.5, 0.6) is 0 Å². The largest absolute Gasteiger partial charge is 0.357 e. The molecule has 2 aliphatic heterocycles. The highest BCUT2D eigenvalue weighted by Gasteiger charge is 2.36. The van der Waals surface area contributed by atoms with Gasteiger partial charge in [-0.05, 0) is 68.2 Å². The number of anilines is 1. The van der Waals surface area contributed by atoms with Crippen molar-refractivity contribution in [1.82, 2.24) is 4.90 Å². The van der Waals surface area contributed by atoms with Gasteiger partial charge in [0.1, 0.15) is 11.9 Å². The minimum Gasteiger partial charge on any atom is -0.357 e. The highest BCUT2D eigenvalue weighted by molar-refractivity contribution is 5.73. The molecule has 0 N–H and O–H groups in total. The summed E-state index contributed by atoms with van der Waals surface area (Å²) in [5.74, 6) is 1.30. The van der Waals surface area contributed by atoms with Gasteiger partial charge in [-0.3, -0.25) is 4.90 Å². The second-order valence-corrected chi connectivity index (χ2v) is 7.24. The number of nitriles is 1. The van der Waals surface area contributed by atoms with Gasteiger partial charge in [-0.1, -0.05) is 24.8 Å². The first-order valence-corrected chi connectivity index (χ1v) is 9.39. The second kappa shape index (κ2) is 6.44. The molecule has 2 fully saturated rings. The molecule has 1 saturated carbocycles. The molecule has 4 rings (SSSR count). The van der Waals surface area contributed by atoms with E-state index in [0.29, 0.717) is 0 Å². The summed E-state index contributed by atoms with van der Waals surface area (Å²) in [6.07, 6.45) is 7.03. The molecule has 1 saturated heterocycles. The van der Waals surface area contributed by atoms with E-state index in [4.69, 9.17) is 0 Å². The fraction of sp³-hybridized carbons (Fsp3) is 0.409. The summed E-state index contributed by atoms with van der Waals surface area (Å²) in [7, 11) is 0. The maximum atomic E-state index is 9.81. The lowest BCUT2D eigenvalue weighted by atomic mass is 9.94. The fourth-order valence-corrected chi connectivity index (χ4v) is 4.46. The number of nitrogens with zero attached hydrogens (tertiary/aromatic N) is 3. The Morgan fingerprint density at radius 2 is 1.72 bits per heavy atom. The van der Waals surface area contributed by atoms with Gasteiger partial charge in [-0.2, -0.15) is 5.26 Å². The molecule has 0 spiro atoms. The molecular weight excluding hydrogens is 306 g/mol. The van der Waals surface area contributed by atoms with Crippen LogP contribution in [0.1, 0.15) is 44.1 Å². The number of allylic oxidation sites excluding steroid dienone is 3. The summed E-state index contributed by atoms with van der Waals surface area (Å²) in [5.41, 5.74) is 6.64. The zero-order valence-corrected chi connectivity index (χ0v) is 15.0. The smallest absolute Gasteiger partial charge is 0.117 e. The minimum absolute atomic E-state index is 0.788. The van der Waals surface area contributed by atoms with E-state index in [9.17, 15) is 5.26 Å². The average Bonchev–Trinajstić information content (AvgIpc) is 3.11. The van der Waals surface area contributed by atoms with Crippen molar-refractivity contribution in [3.8, 4) is 6.07 Å². The molecule has 3 nitrogen and oxygen atoms in total. The molecule has 3 aliphatic rings. The first-order chi connectivity index (χ1) is 12.2. The van der Waals surface area contributed by atoms with Crippen molar-refractivity contribution >= 4 is 5.69 Å². The molecule has 3 heteroatoms. The molecule has 0 bridgehead atoms. The van der Waals surface area contributed by atoms with Crippen molar-refractivity contribution in [1.29, 1.82) is 5.26 Å². The SMILES string of the molecule is C=C1C(C#N)=C2CCCC2=C(N2CCCCC2)N1c1ccccc1C. The van der Waals surface area contributed by atoms with Gasteiger partial charge in [0.2, 0.25) is 0 Å². The van der Waals surface area contributed by atoms with Crippen molar-refractivity contribution in [2.24, 2.45) is 0 Å². The maximum Gasteiger partial charge on any atom is 0.117 e. The summed E-state index contributed by atoms with van der Waals surface area (Å²) in [6.45, 7) is 8.70. The maximum absolute atomic E-state index is 9.81. The van der Waals surface area contributed by atoms with E-state index < -0.39 is 0 Å². The van der Waals surface area contributed by atoms with Crippen LogP contribution in [0.15, 0.2) is 59.1 Å². The standard InChI is InChI=1S/C22H25N3/c1-16-9-4-5-12-21(16)25-17(2)20(15-23)18-10-8-11-19(18)22(25)24-13-6-3-7-14-24/h4-5,9,12H,2-3,6-8,10-11,13-14H2,1H3. The Balaban J connectivity index is 1.92. The number of fused-ring (bicyclic) bond motifs is 1. The number of aryl methyl sites for hydroxylation is 1. The van der Waals surface area contributed by atoms with E-state index in [1.54, 1.807) is 0 Å². The van der Waals surface area contributed by atoms with Crippen LogP contribution in [0, 0.1) is 18.3 Å². The van der Waals surface area contributed by atoms with E-state index in [1.165, 1.54) is 41.8 Å². The van der Waals surface area contributed by atoms with Crippen LogP contribution in [-0.4, -0.2) is 18.0 Å². The molecule has 25 heavy (non-hydrogen) atoms. The van der Waals surface area contributed by atoms with Gasteiger partial charge in [-0.15, -0.1) is 0 Å². The lowest BCUT2D eigenvalue weighted by molar-refractivity contribution is 0.277. The van der Waals surface area contributed by atoms with Crippen LogP contribution in [0.2, 0.25) is 0 Å². The molecular formula is C22H25N3. The Hall–Kier alpha value is -2.47. The Kier molecular flexibility index (Phi) is 4.13. The summed E-state index contributed by atoms with van der Waals surface area (Å²) >= 11 is 0. The van der Waals surface area contributed by atoms with Gasteiger partial charge in [0, 0.05) is 13.1 Å². The molecule has 0 radical (unpaired) electrons. The number of hydrogen-bond donors (Lipinski definition) is 0. The highest BCUT2D eigenvalue weighted by Crippen LogP contribution is 2.46. The van der Waals surface area contributed by atoms with Crippen LogP contribution in [0.25, 0.3) is 0 Å². The van der Waals surface area contributed by atoms with Crippen molar-refractivity contribution < 1.29 is 0 Å². The van der Waals surface area contributed by atoms with Gasteiger partial charge in [-0.25, -0.2) is 0 Å². The fourth-order valence-electron chi connectivity index (χ4n) is 4.46. The normalized spacial score (nSPS) is 20.9. The van der Waals surface area contributed by atoms with Crippen molar-refractivity contribution in [2.75, 3.05) is 18.0 Å². The molecule has 1 aliphatic carbocycles. The number of likely N-dealkylation sites (tertiary alicyclic amines) is 1. The zero-order valence-electron chi connectivity index (χ0n) is 15.0. The van der Waals surface area contributed by atoms with E-state index in [-0.39, 0.29) is 0 Å². The minimum atomic E-state index is 0.788. The van der Waals surface area contributed by atoms with E-state index in [0.717, 1.165) is 49.3 Å². The number of benzene rings is 1. The first kappa shape index (κ1) is 16.0. The number of para-hydroxylation sites is 1. The Morgan fingerprint density at radius 1 is 1.00 bits per heavy atom. The Bertz CT molecular complexity index is 816. The van der Waals surface area contributed by atoms with Crippen molar-refractivity contribution in [3.63, 3.8) is 0 Å². The average molecular weight is 331 g/mol. The molecule has 0 unspecified atom stereocenters. The van der Waals surface area contributed by atoms with Crippen LogP contribution in [0.3, 0.4) is 0 Å². The molecule has 128 valence electrons. The quantitative estimate of drug-likeness (QED) is 0.761. The van der Waals surface area contributed by atoms with Crippen LogP contribution < -0.4 is 4.90 Å². The van der Waals surface area contributed by atoms with Crippen LogP contribution >= 0.6 is 0 Å². The predicted octanol–water partition coefficient (Wildman–Crippen LogP) is 5.03. The Morgan fingerprint density at radius 3 is 2.44 bits per heavy atom. The van der Waals surface area contributed by atoms with E-state index in [2.05, 4.69) is 53.6 Å². The predicted molar refractivity (Wildman–Crippen MR) is 102 cm³/mol. The monoisotopic (exact) mass is 331 g/mol. The third-order valence-corrected chi connectivity index (χ3v) is 5.68. The van der Waals surface area contributed by atoms with Crippen molar-refractivity contribution in [2.45, 2.75) is 45.4 Å². The third kappa shape index (κ3) is 2.57. The van der Waals surface area contributed by atoms with Gasteiger partial charge < -0.3 is 4.90 Å². The van der Waals surface area contributed by atoms with Crippen LogP contribution in [-0.2, 0) is 0 Å². The number of piperidine rings is 1. The van der Waals surface area contributed by atoms with Gasteiger partial charge in [0.05, 0.1) is 17.0 Å².